The Morgan fingerprint density at radius 2 is 1.72 bits per heavy atom. The van der Waals surface area contributed by atoms with Crippen molar-refractivity contribution < 1.29 is 42.9 Å². The van der Waals surface area contributed by atoms with E-state index in [0.29, 0.717) is 30.9 Å². The van der Waals surface area contributed by atoms with Gasteiger partial charge in [-0.15, -0.1) is 5.10 Å². The van der Waals surface area contributed by atoms with Crippen LogP contribution in [0.2, 0.25) is 0 Å². The highest BCUT2D eigenvalue weighted by molar-refractivity contribution is 8.45. The second-order valence-corrected chi connectivity index (χ2v) is 15.2. The second kappa shape index (κ2) is 13.8. The average molecular weight is 783 g/mol. The molecule has 0 unspecified atom stereocenters. The molecule has 54 heavy (non-hydrogen) atoms. The number of amides is 3. The summed E-state index contributed by atoms with van der Waals surface area (Å²) in [6, 6.07) is 6.61. The molecule has 3 amide bonds. The third kappa shape index (κ3) is 8.08. The molecule has 0 spiro atoms. The Labute approximate surface area is 304 Å². The van der Waals surface area contributed by atoms with E-state index in [-0.39, 0.29) is 85.4 Å². The van der Waals surface area contributed by atoms with Gasteiger partial charge in [-0.3, -0.25) is 19.2 Å². The number of benzene rings is 2. The van der Waals surface area contributed by atoms with Gasteiger partial charge in [0.05, 0.1) is 31.0 Å². The molecule has 13 nitrogen and oxygen atoms in total. The van der Waals surface area contributed by atoms with Gasteiger partial charge >= 0.3 is 10.2 Å². The number of aromatic nitrogens is 4. The fraction of sp³-hybridized carbons (Fsp3) is 0.353. The molecule has 6 rings (SSSR count). The number of fused-ring (bicyclic) bond motifs is 1. The van der Waals surface area contributed by atoms with Crippen LogP contribution < -0.4 is 21.1 Å². The summed E-state index contributed by atoms with van der Waals surface area (Å²) in [6.07, 6.45) is 2.45. The molecule has 0 radical (unpaired) electrons. The molecule has 4 heterocycles. The Hall–Kier alpha value is -5.37. The number of rotatable bonds is 10. The molecule has 1 fully saturated rings. The fourth-order valence-electron chi connectivity index (χ4n) is 6.33. The number of nitrogens with zero attached hydrogens (tertiary/aromatic N) is 6. The average Bonchev–Trinajstić information content (AvgIpc) is 3.58. The summed E-state index contributed by atoms with van der Waals surface area (Å²) in [5.74, 6) is -2.38. The molecular weight excluding hydrogens is 746 g/mol. The maximum atomic E-state index is 14.1. The van der Waals surface area contributed by atoms with Crippen LogP contribution in [-0.2, 0) is 27.3 Å². The van der Waals surface area contributed by atoms with E-state index in [4.69, 9.17) is 4.74 Å². The van der Waals surface area contributed by atoms with Crippen LogP contribution in [0.1, 0.15) is 40.8 Å². The number of nitrogens with one attached hydrogen (secondary N) is 2. The van der Waals surface area contributed by atoms with Gasteiger partial charge in [-0.25, -0.2) is 4.39 Å². The van der Waals surface area contributed by atoms with E-state index >= 15 is 0 Å². The van der Waals surface area contributed by atoms with Crippen molar-refractivity contribution in [2.24, 2.45) is 0 Å². The van der Waals surface area contributed by atoms with Crippen LogP contribution in [0, 0.1) is 12.7 Å². The summed E-state index contributed by atoms with van der Waals surface area (Å²) in [5.41, 5.74) is 0.177. The summed E-state index contributed by atoms with van der Waals surface area (Å²) in [7, 11) is -9.96. The highest BCUT2D eigenvalue weighted by Gasteiger charge is 2.65. The van der Waals surface area contributed by atoms with Crippen molar-refractivity contribution in [1.82, 2.24) is 29.4 Å². The minimum atomic E-state index is -9.96. The largest absolute Gasteiger partial charge is 0.377 e. The lowest BCUT2D eigenvalue weighted by Gasteiger charge is -2.40. The third-order valence-corrected chi connectivity index (χ3v) is 10.2. The molecule has 0 aliphatic carbocycles. The summed E-state index contributed by atoms with van der Waals surface area (Å²) in [6.45, 7) is 3.40. The Kier molecular flexibility index (Phi) is 9.80. The number of anilines is 2. The van der Waals surface area contributed by atoms with Crippen LogP contribution in [0.4, 0.5) is 35.2 Å². The number of piperazine rings is 1. The number of hydrogen-bond acceptors (Lipinski definition) is 8. The van der Waals surface area contributed by atoms with Gasteiger partial charge in [0, 0.05) is 31.9 Å². The van der Waals surface area contributed by atoms with Crippen LogP contribution in [0.5, 0.6) is 0 Å². The van der Waals surface area contributed by atoms with E-state index < -0.39 is 50.8 Å². The molecule has 2 N–H and O–H groups in total. The van der Waals surface area contributed by atoms with Crippen LogP contribution in [0.15, 0.2) is 58.2 Å². The van der Waals surface area contributed by atoms with Gasteiger partial charge in [-0.2, -0.15) is 9.50 Å². The summed E-state index contributed by atoms with van der Waals surface area (Å²) >= 11 is 0. The normalized spacial score (nSPS) is 16.4. The molecule has 0 bridgehead atoms. The quantitative estimate of drug-likeness (QED) is 0.212. The fourth-order valence-corrected chi connectivity index (χ4v) is 7.06. The van der Waals surface area contributed by atoms with Gasteiger partial charge in [0.15, 0.2) is 5.82 Å². The van der Waals surface area contributed by atoms with E-state index in [0.717, 1.165) is 23.6 Å². The van der Waals surface area contributed by atoms with Crippen molar-refractivity contribution >= 4 is 50.7 Å². The van der Waals surface area contributed by atoms with Gasteiger partial charge in [0.25, 0.3) is 11.5 Å². The highest BCUT2D eigenvalue weighted by Crippen LogP contribution is 3.02. The smallest absolute Gasteiger partial charge is 0.310 e. The molecular formula is C34H36F6N8O5S. The van der Waals surface area contributed by atoms with E-state index in [1.165, 1.54) is 27.7 Å². The van der Waals surface area contributed by atoms with E-state index in [2.05, 4.69) is 20.7 Å². The van der Waals surface area contributed by atoms with Gasteiger partial charge in [-0.1, -0.05) is 44.6 Å². The zero-order valence-corrected chi connectivity index (χ0v) is 29.9. The number of hydrogen-bond donors (Lipinski definition) is 2. The zero-order valence-electron chi connectivity index (χ0n) is 29.1. The number of aryl methyl sites for hydroxylation is 1. The topological polar surface area (TPSA) is 143 Å². The molecule has 2 aliphatic rings. The van der Waals surface area contributed by atoms with Gasteiger partial charge in [0.2, 0.25) is 17.6 Å². The van der Waals surface area contributed by atoms with Crippen LogP contribution in [0.3, 0.4) is 0 Å². The lowest BCUT2D eigenvalue weighted by molar-refractivity contribution is -0.130. The number of halogens is 6. The third-order valence-electron chi connectivity index (χ3n) is 9.10. The lowest BCUT2D eigenvalue weighted by Crippen LogP contribution is -2.52. The van der Waals surface area contributed by atoms with E-state index in [9.17, 15) is 43.0 Å². The van der Waals surface area contributed by atoms with Crippen molar-refractivity contribution in [1.29, 1.82) is 0 Å². The molecule has 290 valence electrons. The predicted octanol–water partition coefficient (Wildman–Crippen LogP) is 5.08. The Bertz CT molecular complexity index is 2250. The summed E-state index contributed by atoms with van der Waals surface area (Å²) in [5, 5.41) is 9.39. The monoisotopic (exact) mass is 782 g/mol. The van der Waals surface area contributed by atoms with Crippen molar-refractivity contribution in [3.8, 4) is 0 Å². The van der Waals surface area contributed by atoms with Gasteiger partial charge < -0.3 is 29.7 Å². The summed E-state index contributed by atoms with van der Waals surface area (Å²) < 4.78 is 88.9. The number of carbonyl (C=O) groups excluding carboxylic acids is 3. The maximum Gasteiger partial charge on any atom is 0.310 e. The maximum absolute atomic E-state index is 14.1. The SMILES string of the molecule is CCc1c(N2CCN(C(=O)CNC(=O)c3ccccc3F)CC2)c(=O)n2nc(C3=CCOCC3)nc2n1CC(=O)Nc1ccc(S(F)(F)(F)(F)F)cc1C. The number of ether oxygens (including phenoxy) is 1. The highest BCUT2D eigenvalue weighted by atomic mass is 32.5. The van der Waals surface area contributed by atoms with Gasteiger partial charge in [0.1, 0.15) is 22.9 Å². The first-order valence-electron chi connectivity index (χ1n) is 16.8. The molecule has 4 aromatic rings. The van der Waals surface area contributed by atoms with Crippen molar-refractivity contribution in [2.45, 2.75) is 38.1 Å². The molecule has 0 atom stereocenters. The predicted molar refractivity (Wildman–Crippen MR) is 189 cm³/mol. The Morgan fingerprint density at radius 3 is 2.35 bits per heavy atom. The van der Waals surface area contributed by atoms with Crippen molar-refractivity contribution in [3.05, 3.63) is 87.4 Å². The minimum Gasteiger partial charge on any atom is -0.377 e. The molecule has 2 aromatic heterocycles. The minimum absolute atomic E-state index is 0.0190. The first-order chi connectivity index (χ1) is 25.3. The van der Waals surface area contributed by atoms with Crippen molar-refractivity contribution in [3.63, 3.8) is 0 Å². The zero-order chi connectivity index (χ0) is 39.1. The van der Waals surface area contributed by atoms with E-state index in [1.807, 2.05) is 0 Å². The van der Waals surface area contributed by atoms with Crippen LogP contribution in [-0.4, -0.2) is 87.7 Å². The summed E-state index contributed by atoms with van der Waals surface area (Å²) in [4.78, 5) is 58.8. The molecule has 1 saturated heterocycles. The molecule has 2 aromatic carbocycles. The first-order valence-corrected chi connectivity index (χ1v) is 18.8. The number of carbonyl (C=O) groups is 3. The van der Waals surface area contributed by atoms with Crippen LogP contribution in [0.25, 0.3) is 11.4 Å². The molecule has 20 heteroatoms. The standard InChI is InChI=1S/C34H36F6N8O5S/c1-3-27-30(46-14-12-45(13-15-46)29(50)19-41-32(51)24-6-4-5-7-25(24)35)33(52)48-34(43-31(44-48)22-10-16-53-17-11-22)47(27)20-28(49)42-26-9-8-23(18-21(26)2)54(36,37,38,39)40/h4-10,18H,3,11-17,19-20H2,1-2H3,(H,41,51)(H,42,49). The van der Waals surface area contributed by atoms with Gasteiger partial charge in [-0.05, 0) is 61.2 Å². The Morgan fingerprint density at radius 1 is 1.00 bits per heavy atom. The van der Waals surface area contributed by atoms with Crippen molar-refractivity contribution in [2.75, 3.05) is 56.2 Å². The Balaban J connectivity index is 1.27. The first kappa shape index (κ1) is 38.4. The van der Waals surface area contributed by atoms with Crippen LogP contribution >= 0.6 is 10.2 Å². The molecule has 0 saturated carbocycles. The molecule has 2 aliphatic heterocycles. The van der Waals surface area contributed by atoms with E-state index in [1.54, 1.807) is 17.9 Å². The lowest BCUT2D eigenvalue weighted by atomic mass is 10.1. The second-order valence-electron chi connectivity index (χ2n) is 12.8.